The fourth-order valence-electron chi connectivity index (χ4n) is 0.241. The zero-order valence-electron chi connectivity index (χ0n) is 4.80. The van der Waals surface area contributed by atoms with Gasteiger partial charge in [-0.3, -0.25) is 0 Å². The zero-order valence-corrected chi connectivity index (χ0v) is 11.9. The molecule has 0 radical (unpaired) electrons. The molecule has 0 saturated heterocycles. The van der Waals surface area contributed by atoms with Gasteiger partial charge in [0, 0.05) is 0 Å². The van der Waals surface area contributed by atoms with Gasteiger partial charge in [0.15, 0.2) is 0 Å². The van der Waals surface area contributed by atoms with Gasteiger partial charge in [-0.05, 0) is 0 Å². The maximum Gasteiger partial charge on any atom is 2.00 e. The van der Waals surface area contributed by atoms with Crippen LogP contribution in [0.1, 0.15) is 0 Å². The van der Waals surface area contributed by atoms with Crippen molar-refractivity contribution in [2.75, 3.05) is 24.7 Å². The molecule has 0 unspecified atom stereocenters. The van der Waals surface area contributed by atoms with E-state index >= 15 is 0 Å². The third kappa shape index (κ3) is 10.6. The molecule has 0 atom stereocenters. The molecule has 0 aromatic rings. The second-order valence-electron chi connectivity index (χ2n) is 1.08. The molecule has 0 aromatic heterocycles. The number of hydrogen-bond acceptors (Lipinski definition) is 2. The molecule has 0 aromatic carbocycles. The first kappa shape index (κ1) is 12.3. The van der Waals surface area contributed by atoms with Crippen LogP contribution < -0.4 is 0 Å². The summed E-state index contributed by atoms with van der Waals surface area (Å²) in [5.41, 5.74) is 0. The van der Waals surface area contributed by atoms with E-state index in [1.54, 1.807) is 0 Å². The van der Waals surface area contributed by atoms with Crippen molar-refractivity contribution in [3.8, 4) is 0 Å². The first-order valence-electron chi connectivity index (χ1n) is 2.21. The van der Waals surface area contributed by atoms with Crippen LogP contribution in [0.3, 0.4) is 0 Å². The average Bonchev–Trinajstić information content (AvgIpc) is 1.69. The predicted molar refractivity (Wildman–Crippen MR) is 36.4 cm³/mol. The number of hydrogen-bond donors (Lipinski definition) is 0. The summed E-state index contributed by atoms with van der Waals surface area (Å²) in [5.74, 6) is 1.46. The van der Waals surface area contributed by atoms with Gasteiger partial charge in [-0.1, -0.05) is 0 Å². The molecular formula is C4H9HgOS2+. The zero-order chi connectivity index (χ0) is 5.54. The summed E-state index contributed by atoms with van der Waals surface area (Å²) in [7, 11) is 0. The molecule has 0 bridgehead atoms. The maximum atomic E-state index is 4.64. The Hall–Kier alpha value is 1.60. The van der Waals surface area contributed by atoms with Crippen molar-refractivity contribution in [1.29, 1.82) is 0 Å². The average molecular weight is 338 g/mol. The van der Waals surface area contributed by atoms with Gasteiger partial charge >= 0.3 is 27.7 Å². The van der Waals surface area contributed by atoms with Crippen molar-refractivity contribution in [2.24, 2.45) is 0 Å². The van der Waals surface area contributed by atoms with Crippen molar-refractivity contribution in [1.82, 2.24) is 0 Å². The maximum absolute atomic E-state index is 4.64. The summed E-state index contributed by atoms with van der Waals surface area (Å²) in [6.45, 7) is 1.60. The van der Waals surface area contributed by atoms with Crippen LogP contribution in [0.4, 0.5) is 0 Å². The minimum absolute atomic E-state index is 0. The van der Waals surface area contributed by atoms with E-state index in [-0.39, 0.29) is 27.7 Å². The first-order chi connectivity index (χ1) is 3.41. The Balaban J connectivity index is 0. The van der Waals surface area contributed by atoms with Gasteiger partial charge < -0.3 is 30.0 Å². The SMILES string of the molecule is [Hg+2].[S-]CC[OH+]CC[S-]. The Bertz CT molecular complexity index is 33.2. The van der Waals surface area contributed by atoms with Crippen LogP contribution in [0, 0.1) is 0 Å². The molecule has 1 N–H and O–H groups in total. The van der Waals surface area contributed by atoms with E-state index in [0.717, 1.165) is 24.7 Å². The monoisotopic (exact) mass is 339 g/mol. The minimum Gasteiger partial charge on any atom is -0.785 e. The van der Waals surface area contributed by atoms with Crippen molar-refractivity contribution in [3.05, 3.63) is 0 Å². The second-order valence-corrected chi connectivity index (χ2v) is 1.90. The first-order valence-corrected chi connectivity index (χ1v) is 3.36. The smallest absolute Gasteiger partial charge is 0.785 e. The fourth-order valence-corrected chi connectivity index (χ4v) is 0.499. The Labute approximate surface area is 81.9 Å². The van der Waals surface area contributed by atoms with Gasteiger partial charge in [0.25, 0.3) is 0 Å². The quantitative estimate of drug-likeness (QED) is 0.300. The van der Waals surface area contributed by atoms with E-state index < -0.39 is 0 Å². The molecule has 44 valence electrons. The summed E-state index contributed by atoms with van der Waals surface area (Å²) in [4.78, 5) is 0. The van der Waals surface area contributed by atoms with E-state index in [2.05, 4.69) is 30.0 Å². The molecule has 0 spiro atoms. The molecule has 0 aliphatic heterocycles. The van der Waals surface area contributed by atoms with Gasteiger partial charge in [0.05, 0.1) is 0 Å². The molecule has 0 fully saturated rings. The summed E-state index contributed by atoms with van der Waals surface area (Å²) in [6.07, 6.45) is 0. The van der Waals surface area contributed by atoms with Crippen LogP contribution in [-0.4, -0.2) is 29.5 Å². The van der Waals surface area contributed by atoms with E-state index in [1.807, 2.05) is 0 Å². The summed E-state index contributed by atoms with van der Waals surface area (Å²) >= 11 is 9.28. The third-order valence-electron chi connectivity index (χ3n) is 0.499. The molecule has 0 rings (SSSR count). The van der Waals surface area contributed by atoms with Gasteiger partial charge in [0.2, 0.25) is 0 Å². The summed E-state index contributed by atoms with van der Waals surface area (Å²) < 4.78 is 4.00. The van der Waals surface area contributed by atoms with Gasteiger partial charge in [-0.15, -0.1) is 11.5 Å². The number of aliphatic hydroxyl groups is 2. The van der Waals surface area contributed by atoms with Crippen molar-refractivity contribution >= 4 is 25.3 Å². The number of rotatable bonds is 4. The van der Waals surface area contributed by atoms with Gasteiger partial charge in [-0.2, -0.15) is 0 Å². The predicted octanol–water partition coefficient (Wildman–Crippen LogP) is -0.394. The van der Waals surface area contributed by atoms with E-state index in [4.69, 9.17) is 0 Å². The topological polar surface area (TPSA) is 12.8 Å². The Morgan fingerprint density at radius 3 is 1.62 bits per heavy atom. The fraction of sp³-hybridized carbons (Fsp3) is 1.00. The second kappa shape index (κ2) is 11.4. The molecule has 0 amide bonds. The van der Waals surface area contributed by atoms with Crippen molar-refractivity contribution in [2.45, 2.75) is 0 Å². The Kier molecular flexibility index (Phi) is 17.5. The van der Waals surface area contributed by atoms with Crippen molar-refractivity contribution < 1.29 is 32.4 Å². The van der Waals surface area contributed by atoms with Crippen LogP contribution in [0.25, 0.3) is 0 Å². The molecule has 0 heterocycles. The van der Waals surface area contributed by atoms with Gasteiger partial charge in [-0.25, -0.2) is 0 Å². The van der Waals surface area contributed by atoms with Crippen molar-refractivity contribution in [3.63, 3.8) is 0 Å². The minimum atomic E-state index is 0. The molecular weight excluding hydrogens is 329 g/mol. The molecule has 0 saturated carbocycles. The standard InChI is InChI=1S/C4H10OS2.Hg/c6-3-1-5-2-4-7;/h6-7H,1-4H2;/q;+2/p-1. The molecule has 0 aliphatic rings. The summed E-state index contributed by atoms with van der Waals surface area (Å²) in [6, 6.07) is 0. The summed E-state index contributed by atoms with van der Waals surface area (Å²) in [5, 5.41) is 0. The molecule has 0 aliphatic carbocycles. The Morgan fingerprint density at radius 1 is 1.00 bits per heavy atom. The molecule has 1 nitrogen and oxygen atoms in total. The van der Waals surface area contributed by atoms with Crippen LogP contribution in [0.2, 0.25) is 0 Å². The number of ether oxygens (including phenoxy) is 1. The Morgan fingerprint density at radius 2 is 1.38 bits per heavy atom. The normalized spacial score (nSPS) is 8.25. The van der Waals surface area contributed by atoms with E-state index in [0.29, 0.717) is 0 Å². The van der Waals surface area contributed by atoms with Crippen LogP contribution in [0.5, 0.6) is 0 Å². The molecule has 8 heavy (non-hydrogen) atoms. The van der Waals surface area contributed by atoms with Crippen LogP contribution in [0.15, 0.2) is 0 Å². The van der Waals surface area contributed by atoms with Crippen LogP contribution >= 0.6 is 0 Å². The van der Waals surface area contributed by atoms with Gasteiger partial charge in [0.1, 0.15) is 13.2 Å². The third-order valence-corrected chi connectivity index (χ3v) is 0.864. The van der Waals surface area contributed by atoms with E-state index in [1.165, 1.54) is 0 Å². The molecule has 4 heteroatoms. The van der Waals surface area contributed by atoms with Crippen LogP contribution in [-0.2, 0) is 52.9 Å². The largest absolute Gasteiger partial charge is 2.00 e. The van der Waals surface area contributed by atoms with E-state index in [9.17, 15) is 0 Å².